The van der Waals surface area contributed by atoms with Crippen molar-refractivity contribution in [1.82, 2.24) is 30.6 Å². The molecule has 0 aliphatic carbocycles. The number of nitrogens with one attached hydrogen (secondary N) is 2. The van der Waals surface area contributed by atoms with Crippen molar-refractivity contribution in [3.8, 4) is 5.88 Å². The molecule has 29 heavy (non-hydrogen) atoms. The Morgan fingerprint density at radius 3 is 2.59 bits per heavy atom. The van der Waals surface area contributed by atoms with E-state index in [9.17, 15) is 9.59 Å². The molecule has 0 unspecified atom stereocenters. The van der Waals surface area contributed by atoms with E-state index >= 15 is 0 Å². The van der Waals surface area contributed by atoms with Crippen LogP contribution in [0.15, 0.2) is 54.1 Å². The highest BCUT2D eigenvalue weighted by Crippen LogP contribution is 2.20. The highest BCUT2D eigenvalue weighted by molar-refractivity contribution is 7.98. The minimum atomic E-state index is -0.508. The lowest BCUT2D eigenvalue weighted by molar-refractivity contribution is 0.0844. The highest BCUT2D eigenvalue weighted by Gasteiger charge is 2.14. The van der Waals surface area contributed by atoms with Gasteiger partial charge in [-0.2, -0.15) is 0 Å². The molecule has 9 nitrogen and oxygen atoms in total. The summed E-state index contributed by atoms with van der Waals surface area (Å²) in [5, 5.41) is 8.67. The minimum absolute atomic E-state index is 0.214. The number of pyridine rings is 1. The van der Waals surface area contributed by atoms with Gasteiger partial charge >= 0.3 is 0 Å². The highest BCUT2D eigenvalue weighted by atomic mass is 32.2. The summed E-state index contributed by atoms with van der Waals surface area (Å²) in [5.74, 6) is -0.0161. The van der Waals surface area contributed by atoms with Gasteiger partial charge in [-0.15, -0.1) is 10.2 Å². The summed E-state index contributed by atoms with van der Waals surface area (Å²) in [6.07, 6.45) is 3.18. The maximum Gasteiger partial charge on any atom is 0.275 e. The number of aryl methyl sites for hydroxylation is 1. The third-order valence-electron chi connectivity index (χ3n) is 3.84. The maximum atomic E-state index is 12.3. The van der Waals surface area contributed by atoms with Gasteiger partial charge in [0, 0.05) is 24.6 Å². The molecule has 0 bridgehead atoms. The number of thioether (sulfide) groups is 1. The Balaban J connectivity index is 1.54. The van der Waals surface area contributed by atoms with Crippen LogP contribution in [0.25, 0.3) is 0 Å². The first-order chi connectivity index (χ1) is 14.1. The van der Waals surface area contributed by atoms with E-state index < -0.39 is 11.8 Å². The first-order valence-electron chi connectivity index (χ1n) is 8.82. The Kier molecular flexibility index (Phi) is 6.80. The van der Waals surface area contributed by atoms with Gasteiger partial charge in [-0.25, -0.2) is 4.98 Å². The number of aromatic nitrogens is 4. The van der Waals surface area contributed by atoms with E-state index in [-0.39, 0.29) is 11.4 Å². The lowest BCUT2D eigenvalue weighted by atomic mass is 10.1. The largest absolute Gasteiger partial charge is 0.477 e. The van der Waals surface area contributed by atoms with Gasteiger partial charge in [0.2, 0.25) is 5.88 Å². The summed E-state index contributed by atoms with van der Waals surface area (Å²) >= 11 is 1.55. The van der Waals surface area contributed by atoms with Crippen LogP contribution in [0.2, 0.25) is 0 Å². The molecular formula is C19H20N6O3S. The van der Waals surface area contributed by atoms with Crippen LogP contribution in [-0.4, -0.2) is 38.2 Å². The number of nitrogens with zero attached hydrogens (tertiary/aromatic N) is 4. The second-order valence-electron chi connectivity index (χ2n) is 5.91. The van der Waals surface area contributed by atoms with Crippen molar-refractivity contribution >= 4 is 23.6 Å². The van der Waals surface area contributed by atoms with E-state index in [1.54, 1.807) is 49.3 Å². The monoisotopic (exact) mass is 412 g/mol. The van der Waals surface area contributed by atoms with Crippen LogP contribution in [0.1, 0.15) is 33.2 Å². The van der Waals surface area contributed by atoms with Crippen molar-refractivity contribution in [2.45, 2.75) is 17.8 Å². The summed E-state index contributed by atoms with van der Waals surface area (Å²) in [5.41, 5.74) is 6.48. The van der Waals surface area contributed by atoms with Crippen LogP contribution < -0.4 is 15.6 Å². The van der Waals surface area contributed by atoms with Crippen molar-refractivity contribution in [2.75, 3.05) is 6.61 Å². The summed E-state index contributed by atoms with van der Waals surface area (Å²) in [4.78, 5) is 28.6. The van der Waals surface area contributed by atoms with Gasteiger partial charge in [0.05, 0.1) is 6.61 Å². The minimum Gasteiger partial charge on any atom is -0.477 e. The number of carbonyl (C=O) groups is 2. The van der Waals surface area contributed by atoms with Crippen LogP contribution in [0.5, 0.6) is 5.88 Å². The van der Waals surface area contributed by atoms with E-state index in [4.69, 9.17) is 4.74 Å². The van der Waals surface area contributed by atoms with Crippen LogP contribution in [-0.2, 0) is 12.8 Å². The first kappa shape index (κ1) is 20.3. The number of amides is 2. The fourth-order valence-corrected chi connectivity index (χ4v) is 3.22. The molecule has 0 saturated carbocycles. The summed E-state index contributed by atoms with van der Waals surface area (Å²) in [7, 11) is 1.88. The average molecular weight is 412 g/mol. The molecule has 10 heteroatoms. The van der Waals surface area contributed by atoms with E-state index in [0.717, 1.165) is 10.7 Å². The lowest BCUT2D eigenvalue weighted by Gasteiger charge is -2.10. The van der Waals surface area contributed by atoms with Crippen LogP contribution >= 0.6 is 11.8 Å². The molecule has 0 radical (unpaired) electrons. The van der Waals surface area contributed by atoms with Gasteiger partial charge < -0.3 is 9.30 Å². The topological polar surface area (TPSA) is 111 Å². The Labute approximate surface area is 171 Å². The molecule has 3 rings (SSSR count). The average Bonchev–Trinajstić information content (AvgIpc) is 3.16. The van der Waals surface area contributed by atoms with Crippen molar-refractivity contribution < 1.29 is 14.3 Å². The van der Waals surface area contributed by atoms with Crippen molar-refractivity contribution in [1.29, 1.82) is 0 Å². The third kappa shape index (κ3) is 5.32. The zero-order valence-corrected chi connectivity index (χ0v) is 16.8. The summed E-state index contributed by atoms with van der Waals surface area (Å²) in [6.45, 7) is 2.18. The molecule has 2 heterocycles. The Hall–Kier alpha value is -3.40. The van der Waals surface area contributed by atoms with E-state index in [2.05, 4.69) is 26.0 Å². The number of hydrogen-bond acceptors (Lipinski definition) is 7. The standard InChI is InChI=1S/C19H20N6O3S/c1-3-28-18-15(5-4-10-20-18)17(27)23-22-16(26)14-8-6-13(7-9-14)11-29-19-24-21-12-25(19)2/h4-10,12H,3,11H2,1-2H3,(H,22,26)(H,23,27). The molecule has 0 aliphatic heterocycles. The first-order valence-corrected chi connectivity index (χ1v) is 9.81. The summed E-state index contributed by atoms with van der Waals surface area (Å²) in [6, 6.07) is 10.3. The Bertz CT molecular complexity index is 990. The number of hydrazine groups is 1. The molecule has 0 atom stereocenters. The summed E-state index contributed by atoms with van der Waals surface area (Å²) < 4.78 is 7.16. The number of carbonyl (C=O) groups excluding carboxylic acids is 2. The Morgan fingerprint density at radius 2 is 1.90 bits per heavy atom. The van der Waals surface area contributed by atoms with Crippen LogP contribution in [0, 0.1) is 0 Å². The predicted molar refractivity (Wildman–Crippen MR) is 107 cm³/mol. The second-order valence-corrected chi connectivity index (χ2v) is 6.85. The number of rotatable bonds is 7. The van der Waals surface area contributed by atoms with Gasteiger partial charge in [-0.1, -0.05) is 23.9 Å². The predicted octanol–water partition coefficient (Wildman–Crippen LogP) is 1.98. The lowest BCUT2D eigenvalue weighted by Crippen LogP contribution is -2.41. The molecule has 3 aromatic rings. The molecule has 0 aliphatic rings. The second kappa shape index (κ2) is 9.69. The van der Waals surface area contributed by atoms with Crippen molar-refractivity contribution in [3.63, 3.8) is 0 Å². The Morgan fingerprint density at radius 1 is 1.14 bits per heavy atom. The molecule has 2 amide bonds. The number of benzene rings is 1. The SMILES string of the molecule is CCOc1ncccc1C(=O)NNC(=O)c1ccc(CSc2nncn2C)cc1. The van der Waals surface area contributed by atoms with Gasteiger partial charge in [-0.05, 0) is 36.8 Å². The van der Waals surface area contributed by atoms with Crippen molar-refractivity contribution in [2.24, 2.45) is 7.05 Å². The zero-order chi connectivity index (χ0) is 20.6. The van der Waals surface area contributed by atoms with Gasteiger partial charge in [0.25, 0.3) is 11.8 Å². The molecule has 0 fully saturated rings. The fraction of sp³-hybridized carbons (Fsp3) is 0.211. The molecule has 2 aromatic heterocycles. The smallest absolute Gasteiger partial charge is 0.275 e. The molecule has 2 N–H and O–H groups in total. The van der Waals surface area contributed by atoms with Crippen molar-refractivity contribution in [3.05, 3.63) is 65.6 Å². The molecule has 1 aromatic carbocycles. The maximum absolute atomic E-state index is 12.3. The third-order valence-corrected chi connectivity index (χ3v) is 4.95. The van der Waals surface area contributed by atoms with E-state index in [1.807, 2.05) is 23.7 Å². The van der Waals surface area contributed by atoms with Gasteiger partial charge in [0.15, 0.2) is 5.16 Å². The van der Waals surface area contributed by atoms with E-state index in [0.29, 0.717) is 17.9 Å². The van der Waals surface area contributed by atoms with Gasteiger partial charge in [0.1, 0.15) is 11.9 Å². The van der Waals surface area contributed by atoms with Gasteiger partial charge in [-0.3, -0.25) is 20.4 Å². The molecule has 0 saturated heterocycles. The quantitative estimate of drug-likeness (QED) is 0.451. The molecule has 0 spiro atoms. The fourth-order valence-electron chi connectivity index (χ4n) is 2.37. The molecular weight excluding hydrogens is 392 g/mol. The van der Waals surface area contributed by atoms with E-state index in [1.165, 1.54) is 6.20 Å². The number of hydrogen-bond donors (Lipinski definition) is 2. The number of ether oxygens (including phenoxy) is 1. The van der Waals surface area contributed by atoms with Crippen LogP contribution in [0.4, 0.5) is 0 Å². The molecule has 150 valence electrons. The zero-order valence-electron chi connectivity index (χ0n) is 16.0. The normalized spacial score (nSPS) is 10.4. The van der Waals surface area contributed by atoms with Crippen LogP contribution in [0.3, 0.4) is 0 Å².